The summed E-state index contributed by atoms with van der Waals surface area (Å²) in [4.78, 5) is 28.3. The molecule has 0 aliphatic rings. The Kier molecular flexibility index (Phi) is 6.84. The molecule has 1 aromatic heterocycles. The Morgan fingerprint density at radius 2 is 1.93 bits per heavy atom. The Morgan fingerprint density at radius 3 is 2.66 bits per heavy atom. The van der Waals surface area contributed by atoms with Crippen LogP contribution in [-0.2, 0) is 0 Å². The van der Waals surface area contributed by atoms with Crippen LogP contribution in [0.15, 0.2) is 74.8 Å². The average Bonchev–Trinajstić information content (AvgIpc) is 2.71. The number of halogens is 3. The number of benzene rings is 2. The SMILES string of the molecule is O=C(Oc1c(Br)cc(Br)cc1/C=N/NC(=O)c1ccccn1)c1cccc(F)c1. The van der Waals surface area contributed by atoms with Gasteiger partial charge in [-0.1, -0.05) is 28.1 Å². The number of esters is 1. The summed E-state index contributed by atoms with van der Waals surface area (Å²) in [6.45, 7) is 0. The van der Waals surface area contributed by atoms with Crippen LogP contribution in [0.2, 0.25) is 0 Å². The molecular weight excluding hydrogens is 509 g/mol. The molecule has 0 spiro atoms. The van der Waals surface area contributed by atoms with Crippen molar-refractivity contribution < 1.29 is 18.7 Å². The molecule has 6 nitrogen and oxygen atoms in total. The summed E-state index contributed by atoms with van der Waals surface area (Å²) in [7, 11) is 0. The molecule has 1 N–H and O–H groups in total. The van der Waals surface area contributed by atoms with Crippen molar-refractivity contribution in [3.05, 3.63) is 92.4 Å². The second kappa shape index (κ2) is 9.53. The Balaban J connectivity index is 1.81. The molecule has 1 amide bonds. The highest BCUT2D eigenvalue weighted by Gasteiger charge is 2.16. The first-order chi connectivity index (χ1) is 13.9. The molecule has 0 atom stereocenters. The van der Waals surface area contributed by atoms with Crippen LogP contribution in [-0.4, -0.2) is 23.1 Å². The van der Waals surface area contributed by atoms with Crippen LogP contribution in [0.5, 0.6) is 5.75 Å². The molecule has 9 heteroatoms. The molecule has 0 radical (unpaired) electrons. The predicted octanol–water partition coefficient (Wildman–Crippen LogP) is 4.73. The molecule has 3 aromatic rings. The molecule has 1 heterocycles. The molecule has 3 rings (SSSR count). The van der Waals surface area contributed by atoms with E-state index in [1.54, 1.807) is 30.3 Å². The van der Waals surface area contributed by atoms with E-state index in [-0.39, 0.29) is 17.0 Å². The number of hydrogen-bond acceptors (Lipinski definition) is 5. The number of carbonyl (C=O) groups is 2. The van der Waals surface area contributed by atoms with Gasteiger partial charge in [0.1, 0.15) is 11.5 Å². The fourth-order valence-corrected chi connectivity index (χ4v) is 3.60. The number of aromatic nitrogens is 1. The van der Waals surface area contributed by atoms with E-state index in [4.69, 9.17) is 4.74 Å². The average molecular weight is 521 g/mol. The first kappa shape index (κ1) is 20.8. The van der Waals surface area contributed by atoms with E-state index in [0.29, 0.717) is 14.5 Å². The maximum Gasteiger partial charge on any atom is 0.343 e. The van der Waals surface area contributed by atoms with Gasteiger partial charge in [0, 0.05) is 16.2 Å². The van der Waals surface area contributed by atoms with Crippen molar-refractivity contribution in [2.75, 3.05) is 0 Å². The van der Waals surface area contributed by atoms with E-state index in [0.717, 1.165) is 6.07 Å². The summed E-state index contributed by atoms with van der Waals surface area (Å²) in [5.41, 5.74) is 3.02. The van der Waals surface area contributed by atoms with E-state index >= 15 is 0 Å². The summed E-state index contributed by atoms with van der Waals surface area (Å²) in [5.74, 6) is -1.61. The van der Waals surface area contributed by atoms with Crippen LogP contribution in [0, 0.1) is 5.82 Å². The number of rotatable bonds is 5. The molecule has 0 fully saturated rings. The molecular formula is C20H12Br2FN3O3. The highest BCUT2D eigenvalue weighted by Crippen LogP contribution is 2.32. The fraction of sp³-hybridized carbons (Fsp3) is 0. The van der Waals surface area contributed by atoms with Gasteiger partial charge in [-0.15, -0.1) is 0 Å². The number of hydrogen-bond donors (Lipinski definition) is 1. The summed E-state index contributed by atoms with van der Waals surface area (Å²) >= 11 is 6.68. The monoisotopic (exact) mass is 519 g/mol. The van der Waals surface area contributed by atoms with Gasteiger partial charge in [0.05, 0.1) is 16.3 Å². The number of hydrazone groups is 1. The van der Waals surface area contributed by atoms with E-state index in [1.165, 1.54) is 30.6 Å². The summed E-state index contributed by atoms with van der Waals surface area (Å²) < 4.78 is 19.9. The third-order valence-electron chi connectivity index (χ3n) is 3.56. The van der Waals surface area contributed by atoms with Crippen LogP contribution in [0.1, 0.15) is 26.4 Å². The molecule has 2 aromatic carbocycles. The van der Waals surface area contributed by atoms with E-state index < -0.39 is 17.7 Å². The minimum atomic E-state index is -0.736. The second-order valence-corrected chi connectivity index (χ2v) is 7.39. The Morgan fingerprint density at radius 1 is 1.10 bits per heavy atom. The van der Waals surface area contributed by atoms with Crippen LogP contribution in [0.4, 0.5) is 4.39 Å². The molecule has 146 valence electrons. The Hall–Kier alpha value is -2.91. The van der Waals surface area contributed by atoms with E-state index in [2.05, 4.69) is 47.4 Å². The standard InChI is InChI=1S/C20H12Br2FN3O3/c21-14-8-13(11-25-26-19(27)17-6-1-2-7-24-17)18(16(22)10-14)29-20(28)12-4-3-5-15(23)9-12/h1-11H,(H,26,27)/b25-11+. The predicted molar refractivity (Wildman–Crippen MR) is 112 cm³/mol. The third kappa shape index (κ3) is 5.55. The smallest absolute Gasteiger partial charge is 0.343 e. The lowest BCUT2D eigenvalue weighted by Gasteiger charge is -2.10. The Labute approximate surface area is 182 Å². The fourth-order valence-electron chi connectivity index (χ4n) is 2.27. The largest absolute Gasteiger partial charge is 0.421 e. The van der Waals surface area contributed by atoms with Gasteiger partial charge >= 0.3 is 5.97 Å². The molecule has 0 bridgehead atoms. The van der Waals surface area contributed by atoms with Crippen molar-refractivity contribution in [2.45, 2.75) is 0 Å². The minimum Gasteiger partial charge on any atom is -0.421 e. The van der Waals surface area contributed by atoms with Gasteiger partial charge in [0.15, 0.2) is 5.75 Å². The van der Waals surface area contributed by atoms with Crippen molar-refractivity contribution in [3.8, 4) is 5.75 Å². The summed E-state index contributed by atoms with van der Waals surface area (Å²) in [6.07, 6.45) is 2.82. The van der Waals surface area contributed by atoms with Crippen LogP contribution >= 0.6 is 31.9 Å². The lowest BCUT2D eigenvalue weighted by Crippen LogP contribution is -2.19. The normalized spacial score (nSPS) is 10.7. The topological polar surface area (TPSA) is 80.6 Å². The van der Waals surface area contributed by atoms with Crippen molar-refractivity contribution in [2.24, 2.45) is 5.10 Å². The number of nitrogens with zero attached hydrogens (tertiary/aromatic N) is 2. The molecule has 0 unspecified atom stereocenters. The van der Waals surface area contributed by atoms with Gasteiger partial charge in [0.2, 0.25) is 0 Å². The van der Waals surface area contributed by atoms with Gasteiger partial charge in [-0.05, 0) is 58.4 Å². The summed E-state index contributed by atoms with van der Waals surface area (Å²) in [5, 5.41) is 3.90. The first-order valence-electron chi connectivity index (χ1n) is 8.15. The maximum atomic E-state index is 13.4. The zero-order valence-corrected chi connectivity index (χ0v) is 17.8. The maximum absolute atomic E-state index is 13.4. The highest BCUT2D eigenvalue weighted by molar-refractivity contribution is 9.11. The van der Waals surface area contributed by atoms with Gasteiger partial charge in [-0.3, -0.25) is 9.78 Å². The quantitative estimate of drug-likeness (QED) is 0.228. The number of amides is 1. The zero-order valence-electron chi connectivity index (χ0n) is 14.6. The van der Waals surface area contributed by atoms with Gasteiger partial charge < -0.3 is 4.74 Å². The molecule has 0 aliphatic heterocycles. The highest BCUT2D eigenvalue weighted by atomic mass is 79.9. The van der Waals surface area contributed by atoms with Crippen molar-refractivity contribution in [3.63, 3.8) is 0 Å². The third-order valence-corrected chi connectivity index (χ3v) is 4.61. The summed E-state index contributed by atoms with van der Waals surface area (Å²) in [6, 6.07) is 13.4. The number of nitrogens with one attached hydrogen (secondary N) is 1. The van der Waals surface area contributed by atoms with Crippen molar-refractivity contribution in [1.82, 2.24) is 10.4 Å². The second-order valence-electron chi connectivity index (χ2n) is 5.62. The van der Waals surface area contributed by atoms with Crippen molar-refractivity contribution in [1.29, 1.82) is 0 Å². The molecule has 0 saturated heterocycles. The van der Waals surface area contributed by atoms with Crippen molar-refractivity contribution >= 4 is 50.0 Å². The van der Waals surface area contributed by atoms with E-state index in [9.17, 15) is 14.0 Å². The number of ether oxygens (including phenoxy) is 1. The van der Waals surface area contributed by atoms with Crippen LogP contribution in [0.3, 0.4) is 0 Å². The molecule has 0 aliphatic carbocycles. The molecule has 29 heavy (non-hydrogen) atoms. The minimum absolute atomic E-state index is 0.0613. The van der Waals surface area contributed by atoms with Gasteiger partial charge in [0.25, 0.3) is 5.91 Å². The zero-order chi connectivity index (χ0) is 20.8. The lowest BCUT2D eigenvalue weighted by atomic mass is 10.2. The molecule has 0 saturated carbocycles. The lowest BCUT2D eigenvalue weighted by molar-refractivity contribution is 0.0732. The van der Waals surface area contributed by atoms with Gasteiger partial charge in [-0.25, -0.2) is 14.6 Å². The van der Waals surface area contributed by atoms with E-state index in [1.807, 2.05) is 0 Å². The van der Waals surface area contributed by atoms with Crippen LogP contribution in [0.25, 0.3) is 0 Å². The van der Waals surface area contributed by atoms with Gasteiger partial charge in [-0.2, -0.15) is 5.10 Å². The van der Waals surface area contributed by atoms with Crippen LogP contribution < -0.4 is 10.2 Å². The number of carbonyl (C=O) groups excluding carboxylic acids is 2. The Bertz CT molecular complexity index is 1090. The number of pyridine rings is 1. The first-order valence-corrected chi connectivity index (χ1v) is 9.74.